The third kappa shape index (κ3) is 5.25. The van der Waals surface area contributed by atoms with Crippen LogP contribution in [0.1, 0.15) is 11.1 Å². The van der Waals surface area contributed by atoms with Crippen molar-refractivity contribution in [3.05, 3.63) is 101 Å². The summed E-state index contributed by atoms with van der Waals surface area (Å²) in [5.41, 5.74) is 5.38. The number of sulfonamides is 1. The molecule has 1 aliphatic rings. The van der Waals surface area contributed by atoms with Crippen molar-refractivity contribution < 1.29 is 13.2 Å². The molecule has 11 heteroatoms. The molecular weight excluding hydrogens is 574 g/mol. The summed E-state index contributed by atoms with van der Waals surface area (Å²) in [6.07, 6.45) is 0. The Morgan fingerprint density at radius 2 is 1.70 bits per heavy atom. The number of anilines is 2. The number of para-hydroxylation sites is 1. The first kappa shape index (κ1) is 25.0. The van der Waals surface area contributed by atoms with E-state index in [1.165, 1.54) is 12.1 Å². The fourth-order valence-electron chi connectivity index (χ4n) is 4.15. The van der Waals surface area contributed by atoms with Gasteiger partial charge in [0.05, 0.1) is 17.9 Å². The number of nitrogens with two attached hydrogens (primary N) is 1. The van der Waals surface area contributed by atoms with Crippen LogP contribution < -0.4 is 20.8 Å². The molecule has 4 aromatic rings. The number of hydrogen-bond acceptors (Lipinski definition) is 5. The zero-order valence-electron chi connectivity index (χ0n) is 19.2. The number of nitrogens with zero attached hydrogens (tertiary/aromatic N) is 2. The Labute approximate surface area is 227 Å². The first-order valence-electron chi connectivity index (χ1n) is 11.1. The highest BCUT2D eigenvalue weighted by Gasteiger charge is 2.34. The number of primary sulfonamides is 1. The number of rotatable bonds is 5. The molecular formula is C26H20BrN5O3S2. The van der Waals surface area contributed by atoms with E-state index in [-0.39, 0.29) is 27.3 Å². The Morgan fingerprint density at radius 3 is 2.49 bits per heavy atom. The summed E-state index contributed by atoms with van der Waals surface area (Å²) in [6.45, 7) is 0.363. The highest BCUT2D eigenvalue weighted by atomic mass is 79.9. The topological polar surface area (TPSA) is 117 Å². The van der Waals surface area contributed by atoms with Gasteiger partial charge in [-0.1, -0.05) is 64.5 Å². The maximum Gasteiger partial charge on any atom is 0.279 e. The predicted molar refractivity (Wildman–Crippen MR) is 153 cm³/mol. The summed E-state index contributed by atoms with van der Waals surface area (Å²) >= 11 is 8.76. The van der Waals surface area contributed by atoms with Gasteiger partial charge < -0.3 is 10.2 Å². The summed E-state index contributed by atoms with van der Waals surface area (Å²) < 4.78 is 24.5. The van der Waals surface area contributed by atoms with Gasteiger partial charge in [-0.25, -0.2) is 13.6 Å². The number of fused-ring (bicyclic) bond motifs is 2. The van der Waals surface area contributed by atoms with Crippen molar-refractivity contribution in [2.75, 3.05) is 10.2 Å². The lowest BCUT2D eigenvalue weighted by Crippen LogP contribution is -2.32. The third-order valence-electron chi connectivity index (χ3n) is 5.82. The van der Waals surface area contributed by atoms with Crippen LogP contribution in [0.4, 0.5) is 11.4 Å². The second kappa shape index (κ2) is 10.0. The molecule has 1 aliphatic heterocycles. The summed E-state index contributed by atoms with van der Waals surface area (Å²) in [6, 6.07) is 25.8. The van der Waals surface area contributed by atoms with Crippen LogP contribution in [-0.4, -0.2) is 25.1 Å². The molecule has 0 fully saturated rings. The lowest BCUT2D eigenvalue weighted by molar-refractivity contribution is -0.112. The zero-order valence-corrected chi connectivity index (χ0v) is 22.4. The average Bonchev–Trinajstić information content (AvgIpc) is 3.12. The molecule has 1 heterocycles. The second-order valence-corrected chi connectivity index (χ2v) is 11.2. The van der Waals surface area contributed by atoms with Crippen molar-refractivity contribution in [3.63, 3.8) is 0 Å². The smallest absolute Gasteiger partial charge is 0.279 e. The predicted octanol–water partition coefficient (Wildman–Crippen LogP) is 4.49. The molecule has 4 aromatic carbocycles. The first-order chi connectivity index (χ1) is 17.7. The van der Waals surface area contributed by atoms with Gasteiger partial charge in [-0.15, -0.1) is 0 Å². The maximum absolute atomic E-state index is 13.5. The van der Waals surface area contributed by atoms with Crippen LogP contribution in [0.3, 0.4) is 0 Å². The average molecular weight is 595 g/mol. The van der Waals surface area contributed by atoms with Crippen LogP contribution in [0.5, 0.6) is 0 Å². The van der Waals surface area contributed by atoms with Gasteiger partial charge >= 0.3 is 0 Å². The molecule has 0 bridgehead atoms. The van der Waals surface area contributed by atoms with E-state index in [9.17, 15) is 13.2 Å². The van der Waals surface area contributed by atoms with E-state index < -0.39 is 10.0 Å². The number of thiocarbonyl (C=S) groups is 1. The van der Waals surface area contributed by atoms with Crippen LogP contribution in [0.2, 0.25) is 0 Å². The van der Waals surface area contributed by atoms with Gasteiger partial charge in [0.25, 0.3) is 5.91 Å². The van der Waals surface area contributed by atoms with Crippen LogP contribution in [-0.2, 0) is 21.4 Å². The molecule has 37 heavy (non-hydrogen) atoms. The van der Waals surface area contributed by atoms with Gasteiger partial charge in [0.1, 0.15) is 4.90 Å². The highest BCUT2D eigenvalue weighted by Crippen LogP contribution is 2.33. The van der Waals surface area contributed by atoms with E-state index in [0.29, 0.717) is 12.1 Å². The summed E-state index contributed by atoms with van der Waals surface area (Å²) in [5.74, 6) is -0.290. The van der Waals surface area contributed by atoms with Gasteiger partial charge in [0.15, 0.2) is 10.8 Å². The van der Waals surface area contributed by atoms with Crippen molar-refractivity contribution >= 4 is 77.0 Å². The SMILES string of the molecule is NS(=O)(=O)c1ccccc1NC(=S)NN=C1C(=O)N(Cc2ccc3ccccc3c2)c2ccc(Br)cc21. The van der Waals surface area contributed by atoms with Gasteiger partial charge in [-0.05, 0) is 65.0 Å². The van der Waals surface area contributed by atoms with Crippen molar-refractivity contribution in [2.45, 2.75) is 11.4 Å². The quantitative estimate of drug-likeness (QED) is 0.232. The Hall–Kier alpha value is -3.64. The van der Waals surface area contributed by atoms with E-state index in [1.807, 2.05) is 54.6 Å². The maximum atomic E-state index is 13.5. The van der Waals surface area contributed by atoms with Crippen LogP contribution >= 0.6 is 28.1 Å². The largest absolute Gasteiger partial charge is 0.330 e. The van der Waals surface area contributed by atoms with E-state index in [4.69, 9.17) is 17.4 Å². The summed E-state index contributed by atoms with van der Waals surface area (Å²) in [7, 11) is -3.97. The monoisotopic (exact) mass is 593 g/mol. The summed E-state index contributed by atoms with van der Waals surface area (Å²) in [4.78, 5) is 15.0. The summed E-state index contributed by atoms with van der Waals surface area (Å²) in [5, 5.41) is 14.6. The Bertz CT molecular complexity index is 1710. The molecule has 0 aromatic heterocycles. The minimum absolute atomic E-state index is 0.000857. The molecule has 5 rings (SSSR count). The fourth-order valence-corrected chi connectivity index (χ4v) is 5.36. The third-order valence-corrected chi connectivity index (χ3v) is 7.47. The van der Waals surface area contributed by atoms with Crippen molar-refractivity contribution in [3.8, 4) is 0 Å². The minimum atomic E-state index is -3.97. The number of benzene rings is 4. The van der Waals surface area contributed by atoms with Gasteiger partial charge in [-0.3, -0.25) is 10.2 Å². The molecule has 0 atom stereocenters. The van der Waals surface area contributed by atoms with Gasteiger partial charge in [0, 0.05) is 10.0 Å². The number of carbonyl (C=O) groups excluding carboxylic acids is 1. The number of hydrogen-bond donors (Lipinski definition) is 3. The van der Waals surface area contributed by atoms with E-state index in [0.717, 1.165) is 26.5 Å². The Kier molecular flexibility index (Phi) is 6.78. The Morgan fingerprint density at radius 1 is 0.973 bits per heavy atom. The number of nitrogens with one attached hydrogen (secondary N) is 2. The van der Waals surface area contributed by atoms with Crippen LogP contribution in [0.15, 0.2) is 99.4 Å². The lowest BCUT2D eigenvalue weighted by atomic mass is 10.1. The van der Waals surface area contributed by atoms with E-state index >= 15 is 0 Å². The number of amides is 1. The zero-order chi connectivity index (χ0) is 26.2. The highest BCUT2D eigenvalue weighted by molar-refractivity contribution is 9.10. The Balaban J connectivity index is 1.41. The molecule has 186 valence electrons. The molecule has 1 amide bonds. The van der Waals surface area contributed by atoms with E-state index in [1.54, 1.807) is 17.0 Å². The molecule has 0 unspecified atom stereocenters. The first-order valence-corrected chi connectivity index (χ1v) is 13.8. The van der Waals surface area contributed by atoms with Crippen molar-refractivity contribution in [1.82, 2.24) is 5.43 Å². The van der Waals surface area contributed by atoms with E-state index in [2.05, 4.69) is 37.8 Å². The van der Waals surface area contributed by atoms with Crippen molar-refractivity contribution in [1.29, 1.82) is 0 Å². The molecule has 0 saturated carbocycles. The standard InChI is InChI=1S/C26H20BrN5O3S2/c27-19-11-12-22-20(14-19)24(30-31-26(36)29-21-7-3-4-8-23(21)37(28,34)35)25(33)32(22)15-16-9-10-17-5-1-2-6-18(17)13-16/h1-14H,15H2,(H2,28,34,35)(H2,29,31,36). The fraction of sp³-hybridized carbons (Fsp3) is 0.0385. The molecule has 4 N–H and O–H groups in total. The molecule has 0 spiro atoms. The van der Waals surface area contributed by atoms with Gasteiger partial charge in [-0.2, -0.15) is 5.10 Å². The normalized spacial score (nSPS) is 14.2. The van der Waals surface area contributed by atoms with Crippen LogP contribution in [0.25, 0.3) is 10.8 Å². The number of halogens is 1. The molecule has 8 nitrogen and oxygen atoms in total. The molecule has 0 saturated heterocycles. The minimum Gasteiger partial charge on any atom is -0.330 e. The van der Waals surface area contributed by atoms with Gasteiger partial charge in [0.2, 0.25) is 10.0 Å². The molecule has 0 radical (unpaired) electrons. The number of hydrazone groups is 1. The number of carbonyl (C=O) groups is 1. The van der Waals surface area contributed by atoms with Crippen molar-refractivity contribution in [2.24, 2.45) is 10.2 Å². The lowest BCUT2D eigenvalue weighted by Gasteiger charge is -2.17. The van der Waals surface area contributed by atoms with Crippen LogP contribution in [0, 0.1) is 0 Å². The molecule has 0 aliphatic carbocycles. The second-order valence-electron chi connectivity index (χ2n) is 8.30.